The van der Waals surface area contributed by atoms with Crippen LogP contribution in [0.3, 0.4) is 0 Å². The Morgan fingerprint density at radius 1 is 1.04 bits per heavy atom. The van der Waals surface area contributed by atoms with Gasteiger partial charge in [0.05, 0.1) is 13.1 Å². The number of thiophene rings is 1. The average Bonchev–Trinajstić information content (AvgIpc) is 3.36. The lowest BCUT2D eigenvalue weighted by molar-refractivity contribution is 0.0916. The van der Waals surface area contributed by atoms with Crippen LogP contribution >= 0.6 is 11.3 Å². The van der Waals surface area contributed by atoms with Gasteiger partial charge in [0.25, 0.3) is 5.91 Å². The number of hydrogen-bond donors (Lipinski definition) is 1. The Morgan fingerprint density at radius 2 is 1.78 bits per heavy atom. The number of rotatable bonds is 5. The molecular weight excluding hydrogens is 360 g/mol. The Balaban J connectivity index is 1.34. The van der Waals surface area contributed by atoms with Crippen LogP contribution in [0.5, 0.6) is 0 Å². The second-order valence-electron chi connectivity index (χ2n) is 6.22. The standard InChI is InChI=1S/C21H18N2O3S/c24-20(17-10-8-16(9-11-17)15-5-2-1-3-6-15)22-13-18-14-23(21(25)26-18)19-7-4-12-27-19/h1-12,18H,13-14H2,(H,22,24). The van der Waals surface area contributed by atoms with Gasteiger partial charge in [-0.15, -0.1) is 11.3 Å². The summed E-state index contributed by atoms with van der Waals surface area (Å²) in [7, 11) is 0. The minimum Gasteiger partial charge on any atom is -0.442 e. The van der Waals surface area contributed by atoms with Crippen molar-refractivity contribution >= 4 is 28.3 Å². The summed E-state index contributed by atoms with van der Waals surface area (Å²) < 4.78 is 5.34. The van der Waals surface area contributed by atoms with Crippen molar-refractivity contribution in [2.24, 2.45) is 0 Å². The molecule has 1 fully saturated rings. The molecular formula is C21H18N2O3S. The van der Waals surface area contributed by atoms with Crippen molar-refractivity contribution in [3.05, 3.63) is 77.7 Å². The third-order valence-corrected chi connectivity index (χ3v) is 5.28. The van der Waals surface area contributed by atoms with Crippen molar-refractivity contribution < 1.29 is 14.3 Å². The normalized spacial score (nSPS) is 16.2. The molecule has 0 spiro atoms. The van der Waals surface area contributed by atoms with E-state index in [2.05, 4.69) is 5.32 Å². The van der Waals surface area contributed by atoms with Crippen LogP contribution < -0.4 is 10.2 Å². The molecule has 1 aliphatic rings. The third-order valence-electron chi connectivity index (χ3n) is 4.39. The van der Waals surface area contributed by atoms with E-state index in [1.54, 1.807) is 17.0 Å². The largest absolute Gasteiger partial charge is 0.442 e. The Morgan fingerprint density at radius 3 is 2.48 bits per heavy atom. The zero-order valence-electron chi connectivity index (χ0n) is 14.5. The first-order valence-electron chi connectivity index (χ1n) is 8.66. The summed E-state index contributed by atoms with van der Waals surface area (Å²) in [6, 6.07) is 21.2. The Bertz CT molecular complexity index is 924. The predicted octanol–water partition coefficient (Wildman–Crippen LogP) is 4.17. The van der Waals surface area contributed by atoms with Crippen molar-refractivity contribution in [3.63, 3.8) is 0 Å². The summed E-state index contributed by atoms with van der Waals surface area (Å²) in [5.41, 5.74) is 2.74. The summed E-state index contributed by atoms with van der Waals surface area (Å²) in [6.45, 7) is 0.722. The lowest BCUT2D eigenvalue weighted by Crippen LogP contribution is -2.34. The van der Waals surface area contributed by atoms with E-state index in [-0.39, 0.29) is 24.6 Å². The van der Waals surface area contributed by atoms with Crippen LogP contribution in [0, 0.1) is 0 Å². The highest BCUT2D eigenvalue weighted by atomic mass is 32.1. The van der Waals surface area contributed by atoms with E-state index >= 15 is 0 Å². The second-order valence-corrected chi connectivity index (χ2v) is 7.15. The zero-order chi connectivity index (χ0) is 18.6. The Labute approximate surface area is 161 Å². The van der Waals surface area contributed by atoms with Gasteiger partial charge < -0.3 is 10.1 Å². The summed E-state index contributed by atoms with van der Waals surface area (Å²) >= 11 is 1.48. The van der Waals surface area contributed by atoms with Crippen LogP contribution in [0.15, 0.2) is 72.1 Å². The van der Waals surface area contributed by atoms with Crippen molar-refractivity contribution in [1.82, 2.24) is 5.32 Å². The number of amides is 2. The van der Waals surface area contributed by atoms with Crippen LogP contribution in [0.25, 0.3) is 11.1 Å². The van der Waals surface area contributed by atoms with E-state index < -0.39 is 0 Å². The highest BCUT2D eigenvalue weighted by molar-refractivity contribution is 7.14. The van der Waals surface area contributed by atoms with E-state index in [0.717, 1.165) is 16.1 Å². The smallest absolute Gasteiger partial charge is 0.415 e. The molecule has 6 heteroatoms. The number of carbonyl (C=O) groups is 2. The maximum Gasteiger partial charge on any atom is 0.415 e. The van der Waals surface area contributed by atoms with E-state index in [9.17, 15) is 9.59 Å². The molecule has 1 N–H and O–H groups in total. The number of hydrogen-bond acceptors (Lipinski definition) is 4. The molecule has 0 aliphatic carbocycles. The molecule has 1 atom stereocenters. The predicted molar refractivity (Wildman–Crippen MR) is 106 cm³/mol. The van der Waals surface area contributed by atoms with Gasteiger partial charge in [0.1, 0.15) is 11.1 Å². The molecule has 136 valence electrons. The molecule has 2 amide bonds. The molecule has 3 aromatic rings. The molecule has 2 aromatic carbocycles. The second kappa shape index (κ2) is 7.63. The summed E-state index contributed by atoms with van der Waals surface area (Å²) in [6.07, 6.45) is -0.726. The quantitative estimate of drug-likeness (QED) is 0.725. The maximum atomic E-state index is 12.4. The molecule has 1 aliphatic heterocycles. The molecule has 1 saturated heterocycles. The fourth-order valence-corrected chi connectivity index (χ4v) is 3.71. The first-order chi connectivity index (χ1) is 13.2. The Kier molecular flexibility index (Phi) is 4.89. The molecule has 4 rings (SSSR count). The molecule has 2 heterocycles. The van der Waals surface area contributed by atoms with Crippen LogP contribution in [0.4, 0.5) is 9.80 Å². The lowest BCUT2D eigenvalue weighted by atomic mass is 10.0. The van der Waals surface area contributed by atoms with Gasteiger partial charge in [0.2, 0.25) is 0 Å². The number of carbonyl (C=O) groups excluding carboxylic acids is 2. The maximum absolute atomic E-state index is 12.4. The number of nitrogens with zero attached hydrogens (tertiary/aromatic N) is 1. The van der Waals surface area contributed by atoms with E-state index in [1.165, 1.54) is 11.3 Å². The van der Waals surface area contributed by atoms with Gasteiger partial charge in [-0.25, -0.2) is 4.79 Å². The van der Waals surface area contributed by atoms with E-state index in [0.29, 0.717) is 12.1 Å². The molecule has 27 heavy (non-hydrogen) atoms. The molecule has 0 saturated carbocycles. The lowest BCUT2D eigenvalue weighted by Gasteiger charge is -2.11. The minimum absolute atomic E-state index is 0.180. The SMILES string of the molecule is O=C(NCC1CN(c2cccs2)C(=O)O1)c1ccc(-c2ccccc2)cc1. The van der Waals surface area contributed by atoms with E-state index in [4.69, 9.17) is 4.74 Å². The van der Waals surface area contributed by atoms with Gasteiger partial charge in [0, 0.05) is 5.56 Å². The first kappa shape index (κ1) is 17.3. The van der Waals surface area contributed by atoms with Crippen LogP contribution in [-0.2, 0) is 4.74 Å². The zero-order valence-corrected chi connectivity index (χ0v) is 15.3. The van der Waals surface area contributed by atoms with Crippen molar-refractivity contribution in [3.8, 4) is 11.1 Å². The number of cyclic esters (lactones) is 1. The molecule has 1 unspecified atom stereocenters. The summed E-state index contributed by atoms with van der Waals surface area (Å²) in [5, 5.41) is 5.61. The van der Waals surface area contributed by atoms with Crippen LogP contribution in [0.2, 0.25) is 0 Å². The van der Waals surface area contributed by atoms with Gasteiger partial charge in [-0.3, -0.25) is 9.69 Å². The molecule has 0 bridgehead atoms. The highest BCUT2D eigenvalue weighted by Gasteiger charge is 2.33. The average molecular weight is 378 g/mol. The first-order valence-corrected chi connectivity index (χ1v) is 9.54. The fraction of sp³-hybridized carbons (Fsp3) is 0.143. The van der Waals surface area contributed by atoms with Gasteiger partial charge in [0.15, 0.2) is 0 Å². The van der Waals surface area contributed by atoms with Gasteiger partial charge in [-0.05, 0) is 40.8 Å². The number of ether oxygens (including phenoxy) is 1. The Hall–Kier alpha value is -3.12. The molecule has 5 nitrogen and oxygen atoms in total. The molecule has 0 radical (unpaired) electrons. The highest BCUT2D eigenvalue weighted by Crippen LogP contribution is 2.26. The van der Waals surface area contributed by atoms with Crippen molar-refractivity contribution in [1.29, 1.82) is 0 Å². The third kappa shape index (κ3) is 3.85. The van der Waals surface area contributed by atoms with Gasteiger partial charge >= 0.3 is 6.09 Å². The van der Waals surface area contributed by atoms with Crippen LogP contribution in [0.1, 0.15) is 10.4 Å². The minimum atomic E-state index is -0.371. The molecule has 1 aromatic heterocycles. The number of benzene rings is 2. The number of nitrogens with one attached hydrogen (secondary N) is 1. The van der Waals surface area contributed by atoms with E-state index in [1.807, 2.05) is 60.0 Å². The van der Waals surface area contributed by atoms with Gasteiger partial charge in [-0.1, -0.05) is 42.5 Å². The van der Waals surface area contributed by atoms with Crippen molar-refractivity contribution in [2.75, 3.05) is 18.0 Å². The van der Waals surface area contributed by atoms with Crippen molar-refractivity contribution in [2.45, 2.75) is 6.10 Å². The number of anilines is 1. The summed E-state index contributed by atoms with van der Waals surface area (Å²) in [5.74, 6) is -0.180. The van der Waals surface area contributed by atoms with Crippen LogP contribution in [-0.4, -0.2) is 31.2 Å². The monoisotopic (exact) mass is 378 g/mol. The van der Waals surface area contributed by atoms with Gasteiger partial charge in [-0.2, -0.15) is 0 Å². The fourth-order valence-electron chi connectivity index (χ4n) is 2.98. The topological polar surface area (TPSA) is 58.6 Å². The summed E-state index contributed by atoms with van der Waals surface area (Å²) in [4.78, 5) is 25.9.